The van der Waals surface area contributed by atoms with Crippen molar-refractivity contribution in [3.8, 4) is 17.3 Å². The van der Waals surface area contributed by atoms with E-state index in [0.717, 1.165) is 37.3 Å². The zero-order valence-electron chi connectivity index (χ0n) is 11.6. The van der Waals surface area contributed by atoms with Gasteiger partial charge in [0, 0.05) is 19.3 Å². The van der Waals surface area contributed by atoms with Gasteiger partial charge in [0.05, 0.1) is 18.1 Å². The van der Waals surface area contributed by atoms with E-state index in [2.05, 4.69) is 26.9 Å². The minimum absolute atomic E-state index is 0.251. The highest BCUT2D eigenvalue weighted by Crippen LogP contribution is 2.18. The molecule has 1 aliphatic rings. The molecule has 1 aliphatic heterocycles. The summed E-state index contributed by atoms with van der Waals surface area (Å²) in [7, 11) is 2.14. The van der Waals surface area contributed by atoms with Crippen molar-refractivity contribution in [1.29, 1.82) is 0 Å². The molecule has 3 rings (SSSR count). The van der Waals surface area contributed by atoms with Crippen molar-refractivity contribution in [1.82, 2.24) is 19.9 Å². The maximum atomic E-state index is 5.87. The van der Waals surface area contributed by atoms with Crippen molar-refractivity contribution in [2.45, 2.75) is 18.9 Å². The zero-order chi connectivity index (χ0) is 13.8. The van der Waals surface area contributed by atoms with Gasteiger partial charge in [-0.05, 0) is 32.0 Å². The van der Waals surface area contributed by atoms with Crippen LogP contribution >= 0.6 is 0 Å². The molecule has 2 aromatic heterocycles. The summed E-state index contributed by atoms with van der Waals surface area (Å²) in [5, 5.41) is 0. The summed E-state index contributed by atoms with van der Waals surface area (Å²) in [6.07, 6.45) is 7.48. The van der Waals surface area contributed by atoms with Crippen molar-refractivity contribution in [3.05, 3.63) is 36.8 Å². The third kappa shape index (κ3) is 3.11. The molecule has 0 amide bonds. The lowest BCUT2D eigenvalue weighted by molar-refractivity contribution is 0.109. The molecule has 5 heteroatoms. The van der Waals surface area contributed by atoms with Gasteiger partial charge < -0.3 is 9.64 Å². The Bertz CT molecular complexity index is 536. The molecule has 0 N–H and O–H groups in total. The van der Waals surface area contributed by atoms with Gasteiger partial charge in [-0.1, -0.05) is 6.07 Å². The fourth-order valence-electron chi connectivity index (χ4n) is 2.30. The Labute approximate surface area is 118 Å². The Morgan fingerprint density at radius 2 is 1.90 bits per heavy atom. The number of aromatic nitrogens is 3. The monoisotopic (exact) mass is 270 g/mol. The van der Waals surface area contributed by atoms with Crippen molar-refractivity contribution < 1.29 is 4.74 Å². The normalized spacial score (nSPS) is 17.1. The first-order valence-corrected chi connectivity index (χ1v) is 6.90. The molecule has 1 fully saturated rings. The minimum atomic E-state index is 0.251. The Morgan fingerprint density at radius 1 is 1.05 bits per heavy atom. The Balaban J connectivity index is 1.65. The second-order valence-corrected chi connectivity index (χ2v) is 5.08. The molecule has 0 bridgehead atoms. The minimum Gasteiger partial charge on any atom is -0.473 e. The summed E-state index contributed by atoms with van der Waals surface area (Å²) in [4.78, 5) is 15.3. The molecule has 20 heavy (non-hydrogen) atoms. The van der Waals surface area contributed by atoms with Crippen LogP contribution in [-0.4, -0.2) is 46.1 Å². The summed E-state index contributed by atoms with van der Waals surface area (Å²) in [6.45, 7) is 2.15. The van der Waals surface area contributed by atoms with Crippen LogP contribution in [0.5, 0.6) is 5.88 Å². The molecule has 5 nitrogen and oxygen atoms in total. The Hall–Kier alpha value is -2.01. The fourth-order valence-corrected chi connectivity index (χ4v) is 2.30. The average Bonchev–Trinajstić information content (AvgIpc) is 2.51. The van der Waals surface area contributed by atoms with Crippen LogP contribution in [0.2, 0.25) is 0 Å². The van der Waals surface area contributed by atoms with Crippen LogP contribution in [0.15, 0.2) is 36.8 Å². The van der Waals surface area contributed by atoms with E-state index in [4.69, 9.17) is 4.74 Å². The molecular formula is C15H18N4O. The second kappa shape index (κ2) is 5.96. The van der Waals surface area contributed by atoms with Crippen LogP contribution in [0.4, 0.5) is 0 Å². The molecule has 1 saturated heterocycles. The van der Waals surface area contributed by atoms with Crippen molar-refractivity contribution in [2.75, 3.05) is 20.1 Å². The van der Waals surface area contributed by atoms with E-state index < -0.39 is 0 Å². The largest absolute Gasteiger partial charge is 0.473 e. The smallest absolute Gasteiger partial charge is 0.232 e. The molecule has 2 aromatic rings. The topological polar surface area (TPSA) is 51.1 Å². The van der Waals surface area contributed by atoms with Gasteiger partial charge in [0.25, 0.3) is 0 Å². The summed E-state index contributed by atoms with van der Waals surface area (Å²) in [5.74, 6) is 0.597. The maximum Gasteiger partial charge on any atom is 0.232 e. The highest BCUT2D eigenvalue weighted by molar-refractivity contribution is 5.52. The Kier molecular flexibility index (Phi) is 3.87. The summed E-state index contributed by atoms with van der Waals surface area (Å²) < 4.78 is 5.87. The van der Waals surface area contributed by atoms with Crippen LogP contribution in [0.25, 0.3) is 11.4 Å². The third-order valence-corrected chi connectivity index (χ3v) is 3.51. The highest BCUT2D eigenvalue weighted by atomic mass is 16.5. The van der Waals surface area contributed by atoms with Gasteiger partial charge in [-0.15, -0.1) is 0 Å². The number of hydrogen-bond acceptors (Lipinski definition) is 5. The van der Waals surface area contributed by atoms with E-state index in [1.54, 1.807) is 18.6 Å². The standard InChI is InChI=1S/C15H18N4O/c1-19-8-5-12(6-9-19)20-15-11-17-14(10-18-15)13-4-2-3-7-16-13/h2-4,7,10-12H,5-6,8-9H2,1H3. The van der Waals surface area contributed by atoms with E-state index in [9.17, 15) is 0 Å². The molecule has 3 heterocycles. The predicted octanol–water partition coefficient (Wildman–Crippen LogP) is 2.01. The Morgan fingerprint density at radius 3 is 2.55 bits per heavy atom. The third-order valence-electron chi connectivity index (χ3n) is 3.51. The summed E-state index contributed by atoms with van der Waals surface area (Å²) in [5.41, 5.74) is 1.59. The number of piperidine rings is 1. The van der Waals surface area contributed by atoms with Gasteiger partial charge in [0.1, 0.15) is 11.8 Å². The molecule has 0 saturated carbocycles. The lowest BCUT2D eigenvalue weighted by Crippen LogP contribution is -2.35. The lowest BCUT2D eigenvalue weighted by Gasteiger charge is -2.28. The number of hydrogen-bond donors (Lipinski definition) is 0. The van der Waals surface area contributed by atoms with Gasteiger partial charge in [0.2, 0.25) is 5.88 Å². The predicted molar refractivity (Wildman–Crippen MR) is 76.4 cm³/mol. The quantitative estimate of drug-likeness (QED) is 0.854. The first kappa shape index (κ1) is 13.0. The van der Waals surface area contributed by atoms with Crippen LogP contribution in [0, 0.1) is 0 Å². The van der Waals surface area contributed by atoms with Crippen LogP contribution in [0.1, 0.15) is 12.8 Å². The van der Waals surface area contributed by atoms with Gasteiger partial charge in [-0.2, -0.15) is 0 Å². The zero-order valence-corrected chi connectivity index (χ0v) is 11.6. The van der Waals surface area contributed by atoms with Gasteiger partial charge in [0.15, 0.2) is 0 Å². The van der Waals surface area contributed by atoms with Crippen LogP contribution < -0.4 is 4.74 Å². The van der Waals surface area contributed by atoms with E-state index >= 15 is 0 Å². The maximum absolute atomic E-state index is 5.87. The highest BCUT2D eigenvalue weighted by Gasteiger charge is 2.18. The van der Waals surface area contributed by atoms with E-state index in [1.165, 1.54) is 0 Å². The SMILES string of the molecule is CN1CCC(Oc2cnc(-c3ccccn3)cn2)CC1. The molecule has 0 aliphatic carbocycles. The van der Waals surface area contributed by atoms with Crippen molar-refractivity contribution in [3.63, 3.8) is 0 Å². The number of rotatable bonds is 3. The summed E-state index contributed by atoms with van der Waals surface area (Å²) in [6, 6.07) is 5.74. The van der Waals surface area contributed by atoms with Crippen molar-refractivity contribution >= 4 is 0 Å². The number of pyridine rings is 1. The van der Waals surface area contributed by atoms with Gasteiger partial charge in [-0.3, -0.25) is 4.98 Å². The van der Waals surface area contributed by atoms with Crippen LogP contribution in [-0.2, 0) is 0 Å². The van der Waals surface area contributed by atoms with Gasteiger partial charge >= 0.3 is 0 Å². The van der Waals surface area contributed by atoms with Crippen LogP contribution in [0.3, 0.4) is 0 Å². The van der Waals surface area contributed by atoms with E-state index in [1.807, 2.05) is 18.2 Å². The average molecular weight is 270 g/mol. The molecule has 0 atom stereocenters. The van der Waals surface area contributed by atoms with Crippen molar-refractivity contribution in [2.24, 2.45) is 0 Å². The number of ether oxygens (including phenoxy) is 1. The van der Waals surface area contributed by atoms with Gasteiger partial charge in [-0.25, -0.2) is 9.97 Å². The van der Waals surface area contributed by atoms with E-state index in [-0.39, 0.29) is 6.10 Å². The van der Waals surface area contributed by atoms with E-state index in [0.29, 0.717) is 5.88 Å². The second-order valence-electron chi connectivity index (χ2n) is 5.08. The fraction of sp³-hybridized carbons (Fsp3) is 0.400. The molecule has 104 valence electrons. The first-order chi connectivity index (χ1) is 9.81. The molecule has 0 spiro atoms. The number of likely N-dealkylation sites (tertiary alicyclic amines) is 1. The lowest BCUT2D eigenvalue weighted by atomic mass is 10.1. The molecule has 0 unspecified atom stereocenters. The number of nitrogens with zero attached hydrogens (tertiary/aromatic N) is 4. The first-order valence-electron chi connectivity index (χ1n) is 6.90. The molecule has 0 radical (unpaired) electrons. The molecular weight excluding hydrogens is 252 g/mol. The molecule has 0 aromatic carbocycles. The summed E-state index contributed by atoms with van der Waals surface area (Å²) >= 11 is 0.